The molecule has 0 bridgehead atoms. The van der Waals surface area contributed by atoms with Crippen LogP contribution in [-0.2, 0) is 28.1 Å². The Bertz CT molecular complexity index is 809. The molecule has 0 spiro atoms. The highest BCUT2D eigenvalue weighted by molar-refractivity contribution is 6.08. The summed E-state index contributed by atoms with van der Waals surface area (Å²) in [4.78, 5) is 27.2. The number of nitrogens with zero attached hydrogens (tertiary/aromatic N) is 4. The average Bonchev–Trinajstić information content (AvgIpc) is 3.08. The first-order valence-electron chi connectivity index (χ1n) is 8.73. The van der Waals surface area contributed by atoms with Gasteiger partial charge in [-0.25, -0.2) is 0 Å². The van der Waals surface area contributed by atoms with Crippen molar-refractivity contribution in [2.24, 2.45) is 0 Å². The van der Waals surface area contributed by atoms with Gasteiger partial charge < -0.3 is 4.57 Å². The molecule has 0 unspecified atom stereocenters. The summed E-state index contributed by atoms with van der Waals surface area (Å²) in [6.07, 6.45) is 0.807. The minimum atomic E-state index is -0.767. The lowest BCUT2D eigenvalue weighted by Crippen LogP contribution is -2.38. The Kier molecular flexibility index (Phi) is 4.45. The number of amides is 2. The Morgan fingerprint density at radius 2 is 1.76 bits per heavy atom. The van der Waals surface area contributed by atoms with E-state index in [2.05, 4.69) is 10.2 Å². The van der Waals surface area contributed by atoms with Crippen molar-refractivity contribution in [3.63, 3.8) is 0 Å². The van der Waals surface area contributed by atoms with E-state index in [1.807, 2.05) is 56.5 Å². The summed E-state index contributed by atoms with van der Waals surface area (Å²) >= 11 is 0. The van der Waals surface area contributed by atoms with Crippen molar-refractivity contribution < 1.29 is 9.59 Å². The van der Waals surface area contributed by atoms with Gasteiger partial charge in [-0.05, 0) is 32.8 Å². The van der Waals surface area contributed by atoms with Crippen LogP contribution in [0, 0.1) is 13.8 Å². The van der Waals surface area contributed by atoms with Crippen molar-refractivity contribution in [3.05, 3.63) is 47.0 Å². The van der Waals surface area contributed by atoms with Gasteiger partial charge in [0.05, 0.1) is 12.0 Å². The Morgan fingerprint density at radius 3 is 2.36 bits per heavy atom. The average molecular weight is 340 g/mol. The number of benzene rings is 1. The molecule has 0 saturated carbocycles. The van der Waals surface area contributed by atoms with Gasteiger partial charge in [0.2, 0.25) is 11.8 Å². The standard InChI is InChI=1S/C19H24N4O2/c1-5-19(15-9-7-13(3)8-10-15)11-17(24)23(18(19)25)12-16-21-20-14(4)22(16)6-2/h7-10H,5-6,11-12H2,1-4H3/t19-/m0/s1. The van der Waals surface area contributed by atoms with Gasteiger partial charge in [0.25, 0.3) is 0 Å². The molecule has 1 atom stereocenters. The summed E-state index contributed by atoms with van der Waals surface area (Å²) in [6.45, 7) is 8.73. The van der Waals surface area contributed by atoms with Crippen molar-refractivity contribution in [2.45, 2.75) is 59.0 Å². The number of carbonyl (C=O) groups is 2. The van der Waals surface area contributed by atoms with E-state index < -0.39 is 5.41 Å². The molecule has 1 fully saturated rings. The van der Waals surface area contributed by atoms with E-state index >= 15 is 0 Å². The van der Waals surface area contributed by atoms with Crippen LogP contribution >= 0.6 is 0 Å². The van der Waals surface area contributed by atoms with Crippen molar-refractivity contribution in [1.82, 2.24) is 19.7 Å². The van der Waals surface area contributed by atoms with Crippen LogP contribution in [0.4, 0.5) is 0 Å². The molecule has 1 aromatic carbocycles. The van der Waals surface area contributed by atoms with E-state index in [4.69, 9.17) is 0 Å². The second kappa shape index (κ2) is 6.43. The minimum absolute atomic E-state index is 0.132. The smallest absolute Gasteiger partial charge is 0.240 e. The molecular weight excluding hydrogens is 316 g/mol. The summed E-state index contributed by atoms with van der Waals surface area (Å²) in [5, 5.41) is 8.21. The van der Waals surface area contributed by atoms with Crippen molar-refractivity contribution in [3.8, 4) is 0 Å². The number of hydrogen-bond donors (Lipinski definition) is 0. The van der Waals surface area contributed by atoms with Gasteiger partial charge in [0.1, 0.15) is 5.82 Å². The van der Waals surface area contributed by atoms with Crippen LogP contribution in [-0.4, -0.2) is 31.5 Å². The van der Waals surface area contributed by atoms with Gasteiger partial charge in [0, 0.05) is 13.0 Å². The number of hydrogen-bond acceptors (Lipinski definition) is 4. The molecule has 1 aliphatic heterocycles. The largest absolute Gasteiger partial charge is 0.314 e. The van der Waals surface area contributed by atoms with Gasteiger partial charge in [0.15, 0.2) is 5.82 Å². The van der Waals surface area contributed by atoms with Gasteiger partial charge in [-0.15, -0.1) is 10.2 Å². The zero-order chi connectivity index (χ0) is 18.2. The first-order chi connectivity index (χ1) is 11.9. The Labute approximate surface area is 147 Å². The Hall–Kier alpha value is -2.50. The lowest BCUT2D eigenvalue weighted by molar-refractivity contribution is -0.140. The van der Waals surface area contributed by atoms with Crippen molar-refractivity contribution >= 4 is 11.8 Å². The lowest BCUT2D eigenvalue weighted by atomic mass is 9.76. The molecule has 1 aromatic heterocycles. The topological polar surface area (TPSA) is 68.1 Å². The molecular formula is C19H24N4O2. The third-order valence-corrected chi connectivity index (χ3v) is 5.24. The van der Waals surface area contributed by atoms with Crippen LogP contribution in [0.2, 0.25) is 0 Å². The first-order valence-corrected chi connectivity index (χ1v) is 8.73. The van der Waals surface area contributed by atoms with E-state index in [1.165, 1.54) is 4.90 Å². The highest BCUT2D eigenvalue weighted by Gasteiger charge is 2.51. The lowest BCUT2D eigenvalue weighted by Gasteiger charge is -2.26. The zero-order valence-corrected chi connectivity index (χ0v) is 15.2. The molecule has 6 heteroatoms. The van der Waals surface area contributed by atoms with Crippen molar-refractivity contribution in [2.75, 3.05) is 0 Å². The SMILES string of the molecule is CCn1c(C)nnc1CN1C(=O)C[C@@](CC)(c2ccc(C)cc2)C1=O. The molecule has 0 N–H and O–H groups in total. The van der Waals surface area contributed by atoms with Crippen LogP contribution in [0.1, 0.15) is 49.5 Å². The number of likely N-dealkylation sites (tertiary alicyclic amines) is 1. The zero-order valence-electron chi connectivity index (χ0n) is 15.2. The monoisotopic (exact) mass is 340 g/mol. The summed E-state index contributed by atoms with van der Waals surface area (Å²) in [5.41, 5.74) is 1.28. The van der Waals surface area contributed by atoms with E-state index in [1.54, 1.807) is 0 Å². The Morgan fingerprint density at radius 1 is 1.08 bits per heavy atom. The van der Waals surface area contributed by atoms with E-state index in [9.17, 15) is 9.59 Å². The fraction of sp³-hybridized carbons (Fsp3) is 0.474. The number of rotatable bonds is 5. The molecule has 0 radical (unpaired) electrons. The van der Waals surface area contributed by atoms with Gasteiger partial charge in [-0.3, -0.25) is 14.5 Å². The van der Waals surface area contributed by atoms with Gasteiger partial charge in [-0.2, -0.15) is 0 Å². The van der Waals surface area contributed by atoms with E-state index in [-0.39, 0.29) is 24.8 Å². The number of imide groups is 1. The fourth-order valence-corrected chi connectivity index (χ4v) is 3.63. The maximum Gasteiger partial charge on any atom is 0.240 e. The van der Waals surface area contributed by atoms with E-state index in [0.29, 0.717) is 18.8 Å². The molecule has 2 aromatic rings. The summed E-state index contributed by atoms with van der Waals surface area (Å²) in [7, 11) is 0. The molecule has 1 aliphatic rings. The fourth-order valence-electron chi connectivity index (χ4n) is 3.63. The highest BCUT2D eigenvalue weighted by atomic mass is 16.2. The molecule has 0 aliphatic carbocycles. The maximum absolute atomic E-state index is 13.2. The summed E-state index contributed by atoms with van der Waals surface area (Å²) < 4.78 is 1.93. The van der Waals surface area contributed by atoms with E-state index in [0.717, 1.165) is 17.0 Å². The number of carbonyl (C=O) groups excluding carboxylic acids is 2. The first kappa shape index (κ1) is 17.3. The van der Waals surface area contributed by atoms with Gasteiger partial charge >= 0.3 is 0 Å². The third kappa shape index (κ3) is 2.75. The highest BCUT2D eigenvalue weighted by Crippen LogP contribution is 2.40. The van der Waals surface area contributed by atoms with Gasteiger partial charge in [-0.1, -0.05) is 36.8 Å². The van der Waals surface area contributed by atoms with Crippen LogP contribution in [0.5, 0.6) is 0 Å². The summed E-state index contributed by atoms with van der Waals surface area (Å²) in [5.74, 6) is 1.16. The Balaban J connectivity index is 1.94. The maximum atomic E-state index is 13.2. The summed E-state index contributed by atoms with van der Waals surface area (Å²) in [6, 6.07) is 7.91. The molecule has 6 nitrogen and oxygen atoms in total. The van der Waals surface area contributed by atoms with Crippen LogP contribution < -0.4 is 0 Å². The minimum Gasteiger partial charge on any atom is -0.314 e. The van der Waals surface area contributed by atoms with Crippen molar-refractivity contribution in [1.29, 1.82) is 0 Å². The van der Waals surface area contributed by atoms with Crippen LogP contribution in [0.3, 0.4) is 0 Å². The normalized spacial score (nSPS) is 20.6. The molecule has 132 valence electrons. The number of aromatic nitrogens is 3. The second-order valence-corrected chi connectivity index (χ2v) is 6.67. The predicted molar refractivity (Wildman–Crippen MR) is 93.8 cm³/mol. The molecule has 1 saturated heterocycles. The molecule has 2 amide bonds. The van der Waals surface area contributed by atoms with Crippen LogP contribution in [0.15, 0.2) is 24.3 Å². The molecule has 25 heavy (non-hydrogen) atoms. The number of aryl methyl sites for hydroxylation is 2. The molecule has 2 heterocycles. The quantitative estimate of drug-likeness (QED) is 0.784. The third-order valence-electron chi connectivity index (χ3n) is 5.24. The molecule has 3 rings (SSSR count). The van der Waals surface area contributed by atoms with Crippen LogP contribution in [0.25, 0.3) is 0 Å². The second-order valence-electron chi connectivity index (χ2n) is 6.67. The predicted octanol–water partition coefficient (Wildman–Crippen LogP) is 2.52.